The van der Waals surface area contributed by atoms with Gasteiger partial charge in [-0.15, -0.1) is 0 Å². The molecule has 0 spiro atoms. The Labute approximate surface area is 131 Å². The van der Waals surface area contributed by atoms with Gasteiger partial charge in [0.25, 0.3) is 0 Å². The minimum Gasteiger partial charge on any atom is -0.313 e. The largest absolute Gasteiger partial charge is 0.313 e. The van der Waals surface area contributed by atoms with Crippen molar-refractivity contribution in [2.75, 3.05) is 6.54 Å². The first-order valence-corrected chi connectivity index (χ1v) is 8.95. The van der Waals surface area contributed by atoms with Gasteiger partial charge in [-0.05, 0) is 42.7 Å². The summed E-state index contributed by atoms with van der Waals surface area (Å²) in [5.74, 6) is 0.621. The van der Waals surface area contributed by atoms with Crippen LogP contribution in [0.4, 0.5) is 0 Å². The lowest BCUT2D eigenvalue weighted by molar-refractivity contribution is 0.334. The number of benzene rings is 1. The van der Waals surface area contributed by atoms with Crippen LogP contribution in [0.5, 0.6) is 0 Å². The first-order chi connectivity index (χ1) is 10.1. The third-order valence-electron chi connectivity index (χ3n) is 4.95. The van der Waals surface area contributed by atoms with Gasteiger partial charge in [0.15, 0.2) is 0 Å². The van der Waals surface area contributed by atoms with Crippen LogP contribution in [0.2, 0.25) is 0 Å². The fraction of sp³-hybridized carbons (Fsp3) is 0.700. The van der Waals surface area contributed by atoms with Crippen molar-refractivity contribution >= 4 is 0 Å². The molecule has 118 valence electrons. The van der Waals surface area contributed by atoms with Gasteiger partial charge in [-0.3, -0.25) is 0 Å². The zero-order chi connectivity index (χ0) is 15.3. The molecule has 1 aromatic carbocycles. The molecular weight excluding hydrogens is 254 g/mol. The van der Waals surface area contributed by atoms with E-state index in [0.29, 0.717) is 11.3 Å². The van der Waals surface area contributed by atoms with Gasteiger partial charge in [0, 0.05) is 18.0 Å². The van der Waals surface area contributed by atoms with Crippen LogP contribution in [0, 0.1) is 0 Å². The Morgan fingerprint density at radius 2 is 1.62 bits per heavy atom. The normalized spacial score (nSPS) is 15.7. The molecular formula is C20H33N. The lowest BCUT2D eigenvalue weighted by atomic mass is 9.73. The zero-order valence-corrected chi connectivity index (χ0v) is 14.4. The molecule has 0 saturated heterocycles. The Morgan fingerprint density at radius 1 is 1.05 bits per heavy atom. The average Bonchev–Trinajstić information content (AvgIpc) is 3.29. The highest BCUT2D eigenvalue weighted by molar-refractivity contribution is 5.31. The summed E-state index contributed by atoms with van der Waals surface area (Å²) in [6, 6.07) is 10.3. The second-order valence-electron chi connectivity index (χ2n) is 7.21. The smallest absolute Gasteiger partial charge is 0.00776 e. The van der Waals surface area contributed by atoms with Gasteiger partial charge in [0.2, 0.25) is 0 Å². The lowest BCUT2D eigenvalue weighted by Gasteiger charge is -2.35. The van der Waals surface area contributed by atoms with Crippen LogP contribution in [0.25, 0.3) is 0 Å². The molecule has 0 heterocycles. The molecule has 0 unspecified atom stereocenters. The maximum Gasteiger partial charge on any atom is 0.00776 e. The number of rotatable bonds is 9. The number of hydrogen-bond acceptors (Lipinski definition) is 1. The molecule has 2 rings (SSSR count). The molecule has 1 heteroatoms. The molecule has 1 aliphatic carbocycles. The van der Waals surface area contributed by atoms with Crippen molar-refractivity contribution in [1.82, 2.24) is 5.32 Å². The predicted molar refractivity (Wildman–Crippen MR) is 93.0 cm³/mol. The van der Waals surface area contributed by atoms with Crippen molar-refractivity contribution in [3.05, 3.63) is 35.4 Å². The van der Waals surface area contributed by atoms with Gasteiger partial charge in [-0.25, -0.2) is 0 Å². The molecule has 0 bridgehead atoms. The van der Waals surface area contributed by atoms with Crippen LogP contribution in [-0.4, -0.2) is 12.6 Å². The van der Waals surface area contributed by atoms with E-state index in [-0.39, 0.29) is 0 Å². The van der Waals surface area contributed by atoms with Crippen molar-refractivity contribution in [3.8, 4) is 0 Å². The fourth-order valence-corrected chi connectivity index (χ4v) is 3.50. The second-order valence-corrected chi connectivity index (χ2v) is 7.21. The summed E-state index contributed by atoms with van der Waals surface area (Å²) in [5, 5.41) is 3.80. The quantitative estimate of drug-likeness (QED) is 0.641. The highest BCUT2D eigenvalue weighted by Crippen LogP contribution is 2.35. The first kappa shape index (κ1) is 16.5. The van der Waals surface area contributed by atoms with Gasteiger partial charge >= 0.3 is 0 Å². The molecule has 0 aromatic heterocycles. The van der Waals surface area contributed by atoms with Gasteiger partial charge in [0.05, 0.1) is 0 Å². The van der Waals surface area contributed by atoms with Gasteiger partial charge < -0.3 is 5.32 Å². The van der Waals surface area contributed by atoms with Crippen LogP contribution in [0.1, 0.15) is 83.3 Å². The Morgan fingerprint density at radius 3 is 2.05 bits per heavy atom. The monoisotopic (exact) mass is 287 g/mol. The predicted octanol–water partition coefficient (Wildman–Crippen LogP) is 5.40. The van der Waals surface area contributed by atoms with E-state index in [1.165, 1.54) is 44.1 Å². The van der Waals surface area contributed by atoms with E-state index < -0.39 is 0 Å². The highest BCUT2D eigenvalue weighted by Gasteiger charge is 2.32. The maximum atomic E-state index is 3.80. The summed E-state index contributed by atoms with van der Waals surface area (Å²) in [5.41, 5.74) is 3.33. The third kappa shape index (κ3) is 4.32. The van der Waals surface area contributed by atoms with Crippen LogP contribution in [-0.2, 0) is 5.41 Å². The lowest BCUT2D eigenvalue weighted by Crippen LogP contribution is -2.39. The molecule has 1 nitrogen and oxygen atoms in total. The fourth-order valence-electron chi connectivity index (χ4n) is 3.50. The molecule has 1 aromatic rings. The van der Waals surface area contributed by atoms with Crippen molar-refractivity contribution in [1.29, 1.82) is 0 Å². The van der Waals surface area contributed by atoms with E-state index >= 15 is 0 Å². The minimum atomic E-state index is 0.335. The Balaban J connectivity index is 2.21. The van der Waals surface area contributed by atoms with Gasteiger partial charge in [0.1, 0.15) is 0 Å². The standard InChI is InChI=1S/C20H33N/c1-5-13-20(14-6-2,15-21-19-11-12-19)18-9-7-17(8-10-18)16(3)4/h7-10,16,19,21H,5-6,11-15H2,1-4H3. The first-order valence-electron chi connectivity index (χ1n) is 8.95. The average molecular weight is 287 g/mol. The molecule has 1 N–H and O–H groups in total. The van der Waals surface area contributed by atoms with E-state index in [0.717, 1.165) is 12.6 Å². The van der Waals surface area contributed by atoms with Gasteiger partial charge in [-0.2, -0.15) is 0 Å². The van der Waals surface area contributed by atoms with Gasteiger partial charge in [-0.1, -0.05) is 64.8 Å². The summed E-state index contributed by atoms with van der Waals surface area (Å²) in [7, 11) is 0. The van der Waals surface area contributed by atoms with Crippen LogP contribution in [0.15, 0.2) is 24.3 Å². The summed E-state index contributed by atoms with van der Waals surface area (Å²) >= 11 is 0. The molecule has 0 radical (unpaired) electrons. The molecule has 0 aliphatic heterocycles. The number of hydrogen-bond donors (Lipinski definition) is 1. The second kappa shape index (κ2) is 7.45. The Bertz CT molecular complexity index is 408. The number of nitrogens with one attached hydrogen (secondary N) is 1. The summed E-state index contributed by atoms with van der Waals surface area (Å²) < 4.78 is 0. The Hall–Kier alpha value is -0.820. The topological polar surface area (TPSA) is 12.0 Å². The van der Waals surface area contributed by atoms with Crippen LogP contribution >= 0.6 is 0 Å². The molecule has 21 heavy (non-hydrogen) atoms. The summed E-state index contributed by atoms with van der Waals surface area (Å²) in [4.78, 5) is 0. The van der Waals surface area contributed by atoms with E-state index in [1.807, 2.05) is 0 Å². The molecule has 1 saturated carbocycles. The van der Waals surface area contributed by atoms with Crippen LogP contribution < -0.4 is 5.32 Å². The van der Waals surface area contributed by atoms with E-state index in [2.05, 4.69) is 57.3 Å². The molecule has 1 fully saturated rings. The third-order valence-corrected chi connectivity index (χ3v) is 4.95. The summed E-state index contributed by atoms with van der Waals surface area (Å²) in [6.07, 6.45) is 7.86. The van der Waals surface area contributed by atoms with E-state index in [9.17, 15) is 0 Å². The highest BCUT2D eigenvalue weighted by atomic mass is 15.0. The molecule has 1 aliphatic rings. The van der Waals surface area contributed by atoms with Crippen LogP contribution in [0.3, 0.4) is 0 Å². The van der Waals surface area contributed by atoms with Crippen molar-refractivity contribution in [3.63, 3.8) is 0 Å². The van der Waals surface area contributed by atoms with Crippen molar-refractivity contribution < 1.29 is 0 Å². The molecule has 0 amide bonds. The summed E-state index contributed by atoms with van der Waals surface area (Å²) in [6.45, 7) is 10.3. The SMILES string of the molecule is CCCC(CCC)(CNC1CC1)c1ccc(C(C)C)cc1. The maximum absolute atomic E-state index is 3.80. The van der Waals surface area contributed by atoms with Crippen molar-refractivity contribution in [2.45, 2.75) is 83.6 Å². The molecule has 0 atom stereocenters. The minimum absolute atomic E-state index is 0.335. The van der Waals surface area contributed by atoms with Crippen molar-refractivity contribution in [2.24, 2.45) is 0 Å². The van der Waals surface area contributed by atoms with E-state index in [4.69, 9.17) is 0 Å². The Kier molecular flexibility index (Phi) is 5.87. The van der Waals surface area contributed by atoms with E-state index in [1.54, 1.807) is 5.56 Å². The zero-order valence-electron chi connectivity index (χ0n) is 14.4.